The molecule has 10 aromatic carbocycles. The van der Waals surface area contributed by atoms with Crippen molar-refractivity contribution in [3.05, 3.63) is 182 Å². The molecule has 0 radical (unpaired) electrons. The maximum atomic E-state index is 6.65. The van der Waals surface area contributed by atoms with Gasteiger partial charge in [0.25, 0.3) is 0 Å². The Morgan fingerprint density at radius 3 is 1.61 bits per heavy atom. The molecule has 0 N–H and O–H groups in total. The summed E-state index contributed by atoms with van der Waals surface area (Å²) in [6, 6.07) is 65.9. The molecule has 2 heterocycles. The molecule has 0 aliphatic carbocycles. The van der Waals surface area contributed by atoms with Gasteiger partial charge in [0.1, 0.15) is 22.3 Å². The SMILES string of the molecule is c1cc(-c2ccc3cc4c(cc3c2)oc2c4ccc3oc4ccccc4c32)cc(-c2c3ccccc3c(-c3ccc4ccccc4c3)c3ccccc23)c1. The highest BCUT2D eigenvalue weighted by molar-refractivity contribution is 6.24. The van der Waals surface area contributed by atoms with Crippen molar-refractivity contribution in [3.8, 4) is 33.4 Å². The number of furan rings is 2. The molecular formula is C52H30O2. The molecule has 0 unspecified atom stereocenters. The van der Waals surface area contributed by atoms with Gasteiger partial charge in [0.2, 0.25) is 0 Å². The Kier molecular flexibility index (Phi) is 6.09. The van der Waals surface area contributed by atoms with E-state index >= 15 is 0 Å². The Morgan fingerprint density at radius 1 is 0.259 bits per heavy atom. The summed E-state index contributed by atoms with van der Waals surface area (Å²) in [5.41, 5.74) is 10.8. The van der Waals surface area contributed by atoms with E-state index in [-0.39, 0.29) is 0 Å². The molecular weight excluding hydrogens is 657 g/mol. The monoisotopic (exact) mass is 686 g/mol. The van der Waals surface area contributed by atoms with Gasteiger partial charge in [-0.1, -0.05) is 133 Å². The minimum atomic E-state index is 0.846. The summed E-state index contributed by atoms with van der Waals surface area (Å²) in [5, 5.41) is 14.2. The lowest BCUT2D eigenvalue weighted by atomic mass is 9.85. The summed E-state index contributed by atoms with van der Waals surface area (Å²) in [6.45, 7) is 0. The van der Waals surface area contributed by atoms with Gasteiger partial charge in [-0.15, -0.1) is 0 Å². The molecule has 2 aromatic heterocycles. The summed E-state index contributed by atoms with van der Waals surface area (Å²) in [4.78, 5) is 0. The van der Waals surface area contributed by atoms with E-state index < -0.39 is 0 Å². The van der Waals surface area contributed by atoms with Crippen molar-refractivity contribution in [2.45, 2.75) is 0 Å². The van der Waals surface area contributed by atoms with E-state index in [0.717, 1.165) is 49.3 Å². The second-order valence-corrected chi connectivity index (χ2v) is 14.4. The number of para-hydroxylation sites is 1. The molecule has 0 aliphatic heterocycles. The van der Waals surface area contributed by atoms with Gasteiger partial charge in [-0.2, -0.15) is 0 Å². The molecule has 2 nitrogen and oxygen atoms in total. The van der Waals surface area contributed by atoms with E-state index in [2.05, 4.69) is 170 Å². The van der Waals surface area contributed by atoms with Crippen molar-refractivity contribution in [1.29, 1.82) is 0 Å². The van der Waals surface area contributed by atoms with Crippen LogP contribution in [0.2, 0.25) is 0 Å². The predicted molar refractivity (Wildman–Crippen MR) is 227 cm³/mol. The molecule has 0 bridgehead atoms. The first-order valence-electron chi connectivity index (χ1n) is 18.5. The summed E-state index contributed by atoms with van der Waals surface area (Å²) in [6.07, 6.45) is 0. The minimum Gasteiger partial charge on any atom is -0.456 e. The third-order valence-corrected chi connectivity index (χ3v) is 11.4. The first-order valence-corrected chi connectivity index (χ1v) is 18.5. The van der Waals surface area contributed by atoms with Crippen molar-refractivity contribution < 1.29 is 8.83 Å². The maximum absolute atomic E-state index is 6.65. The lowest BCUT2D eigenvalue weighted by molar-refractivity contribution is 0.663. The fraction of sp³-hybridized carbons (Fsp3) is 0. The molecule has 12 aromatic rings. The Hall–Kier alpha value is -7.16. The summed E-state index contributed by atoms with van der Waals surface area (Å²) < 4.78 is 12.8. The summed E-state index contributed by atoms with van der Waals surface area (Å²) >= 11 is 0. The zero-order valence-corrected chi connectivity index (χ0v) is 29.1. The van der Waals surface area contributed by atoms with Gasteiger partial charge in [-0.25, -0.2) is 0 Å². The molecule has 54 heavy (non-hydrogen) atoms. The van der Waals surface area contributed by atoms with Crippen molar-refractivity contribution >= 4 is 87.0 Å². The van der Waals surface area contributed by atoms with Crippen LogP contribution in [0.25, 0.3) is 120 Å². The Labute approximate surface area is 310 Å². The number of hydrogen-bond acceptors (Lipinski definition) is 2. The first kappa shape index (κ1) is 29.4. The van der Waals surface area contributed by atoms with Crippen molar-refractivity contribution in [1.82, 2.24) is 0 Å². The van der Waals surface area contributed by atoms with Crippen LogP contribution in [0.15, 0.2) is 191 Å². The van der Waals surface area contributed by atoms with E-state index in [4.69, 9.17) is 8.83 Å². The van der Waals surface area contributed by atoms with Crippen LogP contribution in [0, 0.1) is 0 Å². The fourth-order valence-electron chi connectivity index (χ4n) is 8.91. The molecule has 250 valence electrons. The van der Waals surface area contributed by atoms with E-state index in [1.807, 2.05) is 12.1 Å². The van der Waals surface area contributed by atoms with Crippen LogP contribution in [0.3, 0.4) is 0 Å². The molecule has 2 heteroatoms. The van der Waals surface area contributed by atoms with Crippen LogP contribution in [-0.4, -0.2) is 0 Å². The molecule has 12 rings (SSSR count). The Bertz CT molecular complexity index is 3450. The highest BCUT2D eigenvalue weighted by Gasteiger charge is 2.19. The largest absolute Gasteiger partial charge is 0.456 e. The lowest BCUT2D eigenvalue weighted by Crippen LogP contribution is -1.91. The van der Waals surface area contributed by atoms with Gasteiger partial charge < -0.3 is 8.83 Å². The standard InChI is InChI=1S/C52H30O2/c1-2-11-32-26-37(23-20-31(32)10-1)50-41-16-5-3-14-39(41)49(40-15-4-6-17-42(40)50)36-13-9-12-33(27-36)34-21-22-35-29-45-43-24-25-47-51(44-18-7-8-19-46(44)53-47)52(43)54-48(45)30-38(35)28-34/h1-30H. The molecule has 0 fully saturated rings. The van der Waals surface area contributed by atoms with Gasteiger partial charge in [0, 0.05) is 16.2 Å². The van der Waals surface area contributed by atoms with Crippen LogP contribution < -0.4 is 0 Å². The molecule has 0 spiro atoms. The van der Waals surface area contributed by atoms with Crippen LogP contribution >= 0.6 is 0 Å². The number of hydrogen-bond donors (Lipinski definition) is 0. The summed E-state index contributed by atoms with van der Waals surface area (Å²) in [5.74, 6) is 0. The van der Waals surface area contributed by atoms with Gasteiger partial charge in [0.15, 0.2) is 0 Å². The minimum absolute atomic E-state index is 0.846. The lowest BCUT2D eigenvalue weighted by Gasteiger charge is -2.18. The summed E-state index contributed by atoms with van der Waals surface area (Å²) in [7, 11) is 0. The smallest absolute Gasteiger partial charge is 0.147 e. The average molecular weight is 687 g/mol. The number of fused-ring (bicyclic) bond motifs is 11. The molecule has 0 saturated heterocycles. The number of rotatable bonds is 3. The van der Waals surface area contributed by atoms with Crippen LogP contribution in [0.1, 0.15) is 0 Å². The average Bonchev–Trinajstić information content (AvgIpc) is 3.79. The maximum Gasteiger partial charge on any atom is 0.147 e. The van der Waals surface area contributed by atoms with Gasteiger partial charge in [-0.05, 0) is 125 Å². The van der Waals surface area contributed by atoms with E-state index in [9.17, 15) is 0 Å². The van der Waals surface area contributed by atoms with Crippen molar-refractivity contribution in [2.24, 2.45) is 0 Å². The van der Waals surface area contributed by atoms with Gasteiger partial charge in [0.05, 0.1) is 5.39 Å². The zero-order chi connectivity index (χ0) is 35.3. The van der Waals surface area contributed by atoms with Gasteiger partial charge >= 0.3 is 0 Å². The van der Waals surface area contributed by atoms with Crippen molar-refractivity contribution in [2.75, 3.05) is 0 Å². The van der Waals surface area contributed by atoms with Crippen molar-refractivity contribution in [3.63, 3.8) is 0 Å². The van der Waals surface area contributed by atoms with Crippen LogP contribution in [0.5, 0.6) is 0 Å². The number of benzene rings is 10. The second kappa shape index (κ2) is 11.2. The molecule has 0 atom stereocenters. The van der Waals surface area contributed by atoms with Crippen LogP contribution in [0.4, 0.5) is 0 Å². The van der Waals surface area contributed by atoms with E-state index in [1.165, 1.54) is 71.1 Å². The molecule has 0 aliphatic rings. The molecule has 0 amide bonds. The van der Waals surface area contributed by atoms with Gasteiger partial charge in [-0.3, -0.25) is 0 Å². The fourth-order valence-corrected chi connectivity index (χ4v) is 8.91. The third-order valence-electron chi connectivity index (χ3n) is 11.4. The third kappa shape index (κ3) is 4.28. The molecule has 0 saturated carbocycles. The second-order valence-electron chi connectivity index (χ2n) is 14.4. The predicted octanol–water partition coefficient (Wildman–Crippen LogP) is 15.1. The van der Waals surface area contributed by atoms with Crippen LogP contribution in [-0.2, 0) is 0 Å². The van der Waals surface area contributed by atoms with E-state index in [1.54, 1.807) is 0 Å². The highest BCUT2D eigenvalue weighted by atomic mass is 16.3. The highest BCUT2D eigenvalue weighted by Crippen LogP contribution is 2.45. The quantitative estimate of drug-likeness (QED) is 0.173. The topological polar surface area (TPSA) is 26.3 Å². The normalized spacial score (nSPS) is 12.1. The first-order chi connectivity index (χ1) is 26.7. The van der Waals surface area contributed by atoms with E-state index in [0.29, 0.717) is 0 Å². The Morgan fingerprint density at radius 2 is 0.833 bits per heavy atom. The Balaban J connectivity index is 1.02. The zero-order valence-electron chi connectivity index (χ0n) is 29.1.